The fraction of sp³-hybridized carbons (Fsp3) is 0.500. The zero-order valence-corrected chi connectivity index (χ0v) is 10.7. The maximum absolute atomic E-state index is 9.43. The molecule has 1 aromatic carbocycles. The van der Waals surface area contributed by atoms with Gasteiger partial charge < -0.3 is 14.2 Å². The molecule has 0 aromatic heterocycles. The van der Waals surface area contributed by atoms with Gasteiger partial charge in [-0.2, -0.15) is 5.26 Å². The van der Waals surface area contributed by atoms with E-state index in [0.717, 1.165) is 30.2 Å². The maximum Gasteiger partial charge on any atom is 0.161 e. The third-order valence-corrected chi connectivity index (χ3v) is 3.42. The van der Waals surface area contributed by atoms with Crippen LogP contribution in [-0.2, 0) is 4.74 Å². The molecule has 0 radical (unpaired) electrons. The van der Waals surface area contributed by atoms with Gasteiger partial charge in [0.25, 0.3) is 0 Å². The molecule has 19 heavy (non-hydrogen) atoms. The summed E-state index contributed by atoms with van der Waals surface area (Å²) in [6.45, 7) is 4.08. The van der Waals surface area contributed by atoms with E-state index < -0.39 is 0 Å². The lowest BCUT2D eigenvalue weighted by molar-refractivity contribution is 0.0265. The van der Waals surface area contributed by atoms with Gasteiger partial charge in [-0.15, -0.1) is 0 Å². The highest BCUT2D eigenvalue weighted by molar-refractivity contribution is 5.45. The number of ether oxygens (including phenoxy) is 3. The summed E-state index contributed by atoms with van der Waals surface area (Å²) in [5.74, 6) is 1.49. The molecule has 5 heteroatoms. The summed E-state index contributed by atoms with van der Waals surface area (Å²) in [6.07, 6.45) is 0. The monoisotopic (exact) mass is 260 g/mol. The van der Waals surface area contributed by atoms with Crippen molar-refractivity contribution in [1.82, 2.24) is 4.90 Å². The van der Waals surface area contributed by atoms with Gasteiger partial charge in [0.1, 0.15) is 19.3 Å². The van der Waals surface area contributed by atoms with Crippen LogP contribution in [0.25, 0.3) is 0 Å². The molecule has 3 rings (SSSR count). The minimum absolute atomic E-state index is 0.250. The summed E-state index contributed by atoms with van der Waals surface area (Å²) in [6, 6.07) is 7.86. The van der Waals surface area contributed by atoms with E-state index in [1.807, 2.05) is 18.2 Å². The standard InChI is InChI=1S/C14H16N2O3/c15-10-12(16-3-5-17-6-4-16)11-1-2-13-14(9-11)19-8-7-18-13/h1-2,9,12H,3-8H2/t12-/m0/s1. The van der Waals surface area contributed by atoms with Gasteiger partial charge in [-0.1, -0.05) is 6.07 Å². The van der Waals surface area contributed by atoms with E-state index in [2.05, 4.69) is 11.0 Å². The SMILES string of the molecule is N#C[C@@H](c1ccc2c(c1)OCCO2)N1CCOCC1. The largest absolute Gasteiger partial charge is 0.486 e. The highest BCUT2D eigenvalue weighted by Gasteiger charge is 2.24. The molecule has 1 atom stereocenters. The summed E-state index contributed by atoms with van der Waals surface area (Å²) < 4.78 is 16.4. The molecule has 0 saturated carbocycles. The van der Waals surface area contributed by atoms with Gasteiger partial charge in [0.05, 0.1) is 19.3 Å². The first-order valence-corrected chi connectivity index (χ1v) is 6.49. The molecule has 5 nitrogen and oxygen atoms in total. The van der Waals surface area contributed by atoms with E-state index in [1.165, 1.54) is 0 Å². The number of benzene rings is 1. The Morgan fingerprint density at radius 2 is 1.79 bits per heavy atom. The van der Waals surface area contributed by atoms with Crippen LogP contribution in [-0.4, -0.2) is 44.4 Å². The lowest BCUT2D eigenvalue weighted by Gasteiger charge is -2.31. The van der Waals surface area contributed by atoms with Gasteiger partial charge in [0, 0.05) is 13.1 Å². The van der Waals surface area contributed by atoms with Crippen molar-refractivity contribution in [3.63, 3.8) is 0 Å². The lowest BCUT2D eigenvalue weighted by atomic mass is 10.1. The van der Waals surface area contributed by atoms with E-state index in [9.17, 15) is 5.26 Å². The molecule has 100 valence electrons. The maximum atomic E-state index is 9.43. The van der Waals surface area contributed by atoms with Gasteiger partial charge in [0.2, 0.25) is 0 Å². The molecule has 0 amide bonds. The second-order valence-electron chi connectivity index (χ2n) is 4.58. The van der Waals surface area contributed by atoms with Crippen LogP contribution in [0.4, 0.5) is 0 Å². The molecule has 2 heterocycles. The fourth-order valence-corrected chi connectivity index (χ4v) is 2.43. The Morgan fingerprint density at radius 1 is 1.05 bits per heavy atom. The fourth-order valence-electron chi connectivity index (χ4n) is 2.43. The Balaban J connectivity index is 1.84. The topological polar surface area (TPSA) is 54.7 Å². The smallest absolute Gasteiger partial charge is 0.161 e. The number of hydrogen-bond acceptors (Lipinski definition) is 5. The molecule has 0 N–H and O–H groups in total. The Kier molecular flexibility index (Phi) is 3.53. The Labute approximate surface area is 112 Å². The Hall–Kier alpha value is -1.77. The van der Waals surface area contributed by atoms with Gasteiger partial charge in [-0.3, -0.25) is 4.90 Å². The lowest BCUT2D eigenvalue weighted by Crippen LogP contribution is -2.38. The highest BCUT2D eigenvalue weighted by atomic mass is 16.6. The van der Waals surface area contributed by atoms with Crippen molar-refractivity contribution in [2.24, 2.45) is 0 Å². The van der Waals surface area contributed by atoms with Crippen molar-refractivity contribution >= 4 is 0 Å². The van der Waals surface area contributed by atoms with Crippen molar-refractivity contribution < 1.29 is 14.2 Å². The van der Waals surface area contributed by atoms with Gasteiger partial charge in [-0.25, -0.2) is 0 Å². The molecular formula is C14H16N2O3. The summed E-state index contributed by atoms with van der Waals surface area (Å²) in [4.78, 5) is 2.13. The summed E-state index contributed by atoms with van der Waals surface area (Å²) >= 11 is 0. The number of fused-ring (bicyclic) bond motifs is 1. The van der Waals surface area contributed by atoms with Crippen molar-refractivity contribution in [2.45, 2.75) is 6.04 Å². The predicted octanol–water partition coefficient (Wildman–Crippen LogP) is 1.35. The zero-order valence-electron chi connectivity index (χ0n) is 10.7. The van der Waals surface area contributed by atoms with Crippen LogP contribution in [0.5, 0.6) is 11.5 Å². The van der Waals surface area contributed by atoms with E-state index in [1.54, 1.807) is 0 Å². The molecule has 2 aliphatic heterocycles. The first kappa shape index (κ1) is 12.3. The van der Waals surface area contributed by atoms with Crippen LogP contribution in [0.2, 0.25) is 0 Å². The Bertz CT molecular complexity index is 492. The van der Waals surface area contributed by atoms with Gasteiger partial charge in [0.15, 0.2) is 11.5 Å². The number of rotatable bonds is 2. The third-order valence-electron chi connectivity index (χ3n) is 3.42. The molecule has 0 unspecified atom stereocenters. The molecule has 1 aromatic rings. The highest BCUT2D eigenvalue weighted by Crippen LogP contribution is 2.34. The number of nitriles is 1. The second-order valence-corrected chi connectivity index (χ2v) is 4.58. The Morgan fingerprint density at radius 3 is 2.53 bits per heavy atom. The summed E-state index contributed by atoms with van der Waals surface area (Å²) in [7, 11) is 0. The molecule has 0 aliphatic carbocycles. The summed E-state index contributed by atoms with van der Waals surface area (Å²) in [5, 5.41) is 9.43. The number of hydrogen-bond donors (Lipinski definition) is 0. The van der Waals surface area contributed by atoms with E-state index >= 15 is 0 Å². The van der Waals surface area contributed by atoms with Crippen molar-refractivity contribution in [3.8, 4) is 17.6 Å². The van der Waals surface area contributed by atoms with E-state index in [4.69, 9.17) is 14.2 Å². The van der Waals surface area contributed by atoms with Crippen LogP contribution in [0.3, 0.4) is 0 Å². The van der Waals surface area contributed by atoms with E-state index in [0.29, 0.717) is 26.4 Å². The average molecular weight is 260 g/mol. The number of morpholine rings is 1. The van der Waals surface area contributed by atoms with Crippen LogP contribution < -0.4 is 9.47 Å². The van der Waals surface area contributed by atoms with Crippen molar-refractivity contribution in [1.29, 1.82) is 5.26 Å². The molecular weight excluding hydrogens is 244 g/mol. The van der Waals surface area contributed by atoms with Crippen molar-refractivity contribution in [3.05, 3.63) is 23.8 Å². The quantitative estimate of drug-likeness (QED) is 0.803. The third kappa shape index (κ3) is 2.50. The minimum Gasteiger partial charge on any atom is -0.486 e. The molecule has 2 aliphatic rings. The molecule has 0 bridgehead atoms. The first-order valence-electron chi connectivity index (χ1n) is 6.49. The van der Waals surface area contributed by atoms with Gasteiger partial charge in [-0.05, 0) is 17.7 Å². The molecule has 1 saturated heterocycles. The van der Waals surface area contributed by atoms with Crippen LogP contribution >= 0.6 is 0 Å². The van der Waals surface area contributed by atoms with E-state index in [-0.39, 0.29) is 6.04 Å². The minimum atomic E-state index is -0.250. The van der Waals surface area contributed by atoms with Gasteiger partial charge >= 0.3 is 0 Å². The molecule has 0 spiro atoms. The zero-order chi connectivity index (χ0) is 13.1. The van der Waals surface area contributed by atoms with Crippen LogP contribution in [0.15, 0.2) is 18.2 Å². The second kappa shape index (κ2) is 5.47. The average Bonchev–Trinajstić information content (AvgIpc) is 2.49. The van der Waals surface area contributed by atoms with Crippen LogP contribution in [0, 0.1) is 11.3 Å². The summed E-state index contributed by atoms with van der Waals surface area (Å²) in [5.41, 5.74) is 0.952. The van der Waals surface area contributed by atoms with Crippen molar-refractivity contribution in [2.75, 3.05) is 39.5 Å². The predicted molar refractivity (Wildman–Crippen MR) is 68.2 cm³/mol. The normalized spacial score (nSPS) is 20.6. The first-order chi connectivity index (χ1) is 9.38. The number of nitrogens with zero attached hydrogens (tertiary/aromatic N) is 2. The van der Waals surface area contributed by atoms with Crippen LogP contribution in [0.1, 0.15) is 11.6 Å². The molecule has 1 fully saturated rings.